The molecule has 0 aromatic carbocycles. The Bertz CT molecular complexity index is 293. The van der Waals surface area contributed by atoms with E-state index in [1.165, 1.54) is 6.42 Å². The summed E-state index contributed by atoms with van der Waals surface area (Å²) in [5.74, 6) is 0.133. The Kier molecular flexibility index (Phi) is 6.92. The van der Waals surface area contributed by atoms with Crippen LogP contribution in [0.5, 0.6) is 0 Å². The van der Waals surface area contributed by atoms with Crippen LogP contribution in [0.3, 0.4) is 0 Å². The van der Waals surface area contributed by atoms with Gasteiger partial charge in [0, 0.05) is 31.7 Å². The topological polar surface area (TPSA) is 61.6 Å². The van der Waals surface area contributed by atoms with Gasteiger partial charge in [-0.25, -0.2) is 0 Å². The van der Waals surface area contributed by atoms with Crippen molar-refractivity contribution in [2.45, 2.75) is 52.1 Å². The van der Waals surface area contributed by atoms with E-state index in [4.69, 9.17) is 5.73 Å². The van der Waals surface area contributed by atoms with Gasteiger partial charge in [0.15, 0.2) is 0 Å². The maximum Gasteiger partial charge on any atom is 0.237 e. The minimum atomic E-state index is -0.157. The molecule has 3 N–H and O–H groups in total. The molecular formula is C15H32N4O. The number of nitrogens with one attached hydrogen (secondary N) is 1. The lowest BCUT2D eigenvalue weighted by Gasteiger charge is -2.38. The van der Waals surface area contributed by atoms with E-state index in [9.17, 15) is 4.79 Å². The van der Waals surface area contributed by atoms with Crippen LogP contribution >= 0.6 is 0 Å². The lowest BCUT2D eigenvalue weighted by Crippen LogP contribution is -2.56. The zero-order valence-corrected chi connectivity index (χ0v) is 13.6. The van der Waals surface area contributed by atoms with E-state index in [0.29, 0.717) is 0 Å². The Morgan fingerprint density at radius 2 is 1.80 bits per heavy atom. The molecule has 0 aromatic heterocycles. The van der Waals surface area contributed by atoms with Crippen LogP contribution in [-0.2, 0) is 4.79 Å². The van der Waals surface area contributed by atoms with Crippen molar-refractivity contribution in [2.75, 3.05) is 39.3 Å². The van der Waals surface area contributed by atoms with Gasteiger partial charge in [-0.05, 0) is 53.6 Å². The number of nitrogens with zero attached hydrogens (tertiary/aromatic N) is 2. The smallest absolute Gasteiger partial charge is 0.237 e. The number of hydrogen-bond acceptors (Lipinski definition) is 4. The fraction of sp³-hybridized carbons (Fsp3) is 0.933. The highest BCUT2D eigenvalue weighted by Crippen LogP contribution is 2.09. The molecule has 1 amide bonds. The Morgan fingerprint density at radius 1 is 1.20 bits per heavy atom. The number of carbonyl (C=O) groups excluding carboxylic acids is 1. The number of carbonyl (C=O) groups is 1. The summed E-state index contributed by atoms with van der Waals surface area (Å²) in [6, 6.07) is -0.0413. The van der Waals surface area contributed by atoms with Gasteiger partial charge in [-0.2, -0.15) is 0 Å². The van der Waals surface area contributed by atoms with Crippen LogP contribution in [0.1, 0.15) is 40.5 Å². The van der Waals surface area contributed by atoms with Crippen molar-refractivity contribution in [3.63, 3.8) is 0 Å². The maximum atomic E-state index is 12.2. The highest BCUT2D eigenvalue weighted by molar-refractivity contribution is 5.81. The summed E-state index contributed by atoms with van der Waals surface area (Å²) >= 11 is 0. The van der Waals surface area contributed by atoms with Crippen molar-refractivity contribution in [1.29, 1.82) is 0 Å². The quantitative estimate of drug-likeness (QED) is 0.703. The fourth-order valence-electron chi connectivity index (χ4n) is 2.49. The number of unbranched alkanes of at least 4 members (excludes halogenated alkanes) is 1. The molecule has 1 saturated heterocycles. The van der Waals surface area contributed by atoms with Crippen LogP contribution in [0.25, 0.3) is 0 Å². The summed E-state index contributed by atoms with van der Waals surface area (Å²) in [4.78, 5) is 16.9. The standard InChI is InChI=1S/C15H32N4O/c1-13(14(20)17-15(2,3)4)19-11-9-18(10-12-19)8-6-5-7-16/h13H,5-12,16H2,1-4H3,(H,17,20). The van der Waals surface area contributed by atoms with Gasteiger partial charge in [0.1, 0.15) is 0 Å². The van der Waals surface area contributed by atoms with Crippen LogP contribution < -0.4 is 11.1 Å². The van der Waals surface area contributed by atoms with E-state index >= 15 is 0 Å². The van der Waals surface area contributed by atoms with Crippen LogP contribution in [-0.4, -0.2) is 66.6 Å². The molecule has 0 aliphatic carbocycles. The van der Waals surface area contributed by atoms with Gasteiger partial charge >= 0.3 is 0 Å². The molecule has 1 aliphatic rings. The number of rotatable bonds is 6. The lowest BCUT2D eigenvalue weighted by molar-refractivity contribution is -0.128. The predicted octanol–water partition coefficient (Wildman–Crippen LogP) is 0.646. The molecule has 0 bridgehead atoms. The normalized spacial score (nSPS) is 19.9. The first kappa shape index (κ1) is 17.4. The van der Waals surface area contributed by atoms with Gasteiger partial charge in [0.2, 0.25) is 5.91 Å². The van der Waals surface area contributed by atoms with E-state index in [-0.39, 0.29) is 17.5 Å². The number of amides is 1. The molecule has 118 valence electrons. The summed E-state index contributed by atoms with van der Waals surface area (Å²) in [5, 5.41) is 3.06. The van der Waals surface area contributed by atoms with Crippen molar-refractivity contribution >= 4 is 5.91 Å². The van der Waals surface area contributed by atoms with Crippen LogP contribution in [0.2, 0.25) is 0 Å². The number of hydrogen-bond donors (Lipinski definition) is 2. The minimum absolute atomic E-state index is 0.0413. The Hall–Kier alpha value is -0.650. The Balaban J connectivity index is 2.31. The summed E-state index contributed by atoms with van der Waals surface area (Å²) in [7, 11) is 0. The Morgan fingerprint density at radius 3 is 2.30 bits per heavy atom. The molecule has 1 heterocycles. The summed E-state index contributed by atoms with van der Waals surface area (Å²) < 4.78 is 0. The molecule has 1 aliphatic heterocycles. The third-order valence-corrected chi connectivity index (χ3v) is 3.76. The largest absolute Gasteiger partial charge is 0.350 e. The lowest BCUT2D eigenvalue weighted by atomic mass is 10.1. The highest BCUT2D eigenvalue weighted by atomic mass is 16.2. The molecule has 20 heavy (non-hydrogen) atoms. The van der Waals surface area contributed by atoms with Gasteiger partial charge in [0.25, 0.3) is 0 Å². The first-order valence-electron chi connectivity index (χ1n) is 7.82. The average molecular weight is 284 g/mol. The third-order valence-electron chi connectivity index (χ3n) is 3.76. The number of piperazine rings is 1. The van der Waals surface area contributed by atoms with Crippen molar-refractivity contribution in [3.05, 3.63) is 0 Å². The van der Waals surface area contributed by atoms with Gasteiger partial charge in [0.05, 0.1) is 6.04 Å². The van der Waals surface area contributed by atoms with Gasteiger partial charge in [-0.3, -0.25) is 9.69 Å². The molecule has 1 fully saturated rings. The second-order valence-corrected chi connectivity index (χ2v) is 6.79. The maximum absolute atomic E-state index is 12.2. The first-order valence-corrected chi connectivity index (χ1v) is 7.82. The zero-order chi connectivity index (χ0) is 15.2. The van der Waals surface area contributed by atoms with Crippen molar-refractivity contribution in [3.8, 4) is 0 Å². The first-order chi connectivity index (χ1) is 9.33. The van der Waals surface area contributed by atoms with Gasteiger partial charge in [-0.1, -0.05) is 0 Å². The number of nitrogens with two attached hydrogens (primary N) is 1. The van der Waals surface area contributed by atoms with Crippen LogP contribution in [0, 0.1) is 0 Å². The summed E-state index contributed by atoms with van der Waals surface area (Å²) in [6.45, 7) is 14.0. The van der Waals surface area contributed by atoms with E-state index in [1.54, 1.807) is 0 Å². The predicted molar refractivity (Wildman–Crippen MR) is 83.7 cm³/mol. The molecular weight excluding hydrogens is 252 g/mol. The van der Waals surface area contributed by atoms with E-state index < -0.39 is 0 Å². The van der Waals surface area contributed by atoms with Crippen molar-refractivity contribution in [1.82, 2.24) is 15.1 Å². The second-order valence-electron chi connectivity index (χ2n) is 6.79. The van der Waals surface area contributed by atoms with Crippen LogP contribution in [0.15, 0.2) is 0 Å². The molecule has 0 spiro atoms. The monoisotopic (exact) mass is 284 g/mol. The molecule has 0 radical (unpaired) electrons. The molecule has 5 nitrogen and oxygen atoms in total. The SMILES string of the molecule is CC(C(=O)NC(C)(C)C)N1CCN(CCCCN)CC1. The van der Waals surface area contributed by atoms with Gasteiger partial charge < -0.3 is 16.0 Å². The summed E-state index contributed by atoms with van der Waals surface area (Å²) in [6.07, 6.45) is 2.28. The second kappa shape index (κ2) is 7.96. The molecule has 0 aromatic rings. The molecule has 1 unspecified atom stereocenters. The van der Waals surface area contributed by atoms with E-state index in [2.05, 4.69) is 15.1 Å². The zero-order valence-electron chi connectivity index (χ0n) is 13.6. The molecule has 1 atom stereocenters. The van der Waals surface area contributed by atoms with Crippen molar-refractivity contribution < 1.29 is 4.79 Å². The van der Waals surface area contributed by atoms with Crippen molar-refractivity contribution in [2.24, 2.45) is 5.73 Å². The fourth-order valence-corrected chi connectivity index (χ4v) is 2.49. The Labute approximate surface area is 123 Å². The van der Waals surface area contributed by atoms with E-state index in [0.717, 1.165) is 45.7 Å². The summed E-state index contributed by atoms with van der Waals surface area (Å²) in [5.41, 5.74) is 5.36. The minimum Gasteiger partial charge on any atom is -0.350 e. The third kappa shape index (κ3) is 6.20. The van der Waals surface area contributed by atoms with Crippen LogP contribution in [0.4, 0.5) is 0 Å². The van der Waals surface area contributed by atoms with E-state index in [1.807, 2.05) is 27.7 Å². The average Bonchev–Trinajstić information content (AvgIpc) is 2.37. The van der Waals surface area contributed by atoms with Gasteiger partial charge in [-0.15, -0.1) is 0 Å². The molecule has 1 rings (SSSR count). The molecule has 5 heteroatoms. The molecule has 0 saturated carbocycles. The highest BCUT2D eigenvalue weighted by Gasteiger charge is 2.27.